The molecule has 7 nitrogen and oxygen atoms in total. The maximum Gasteiger partial charge on any atom is 0.257 e. The van der Waals surface area contributed by atoms with E-state index < -0.39 is 0 Å². The number of benzene rings is 1. The topological polar surface area (TPSA) is 74.0 Å². The number of hydrogen-bond acceptors (Lipinski definition) is 6. The molecule has 0 aliphatic carbocycles. The molecule has 0 unspecified atom stereocenters. The van der Waals surface area contributed by atoms with Gasteiger partial charge in [-0.3, -0.25) is 0 Å². The van der Waals surface area contributed by atoms with E-state index in [4.69, 9.17) is 14.4 Å². The first-order chi connectivity index (χ1) is 14.0. The zero-order chi connectivity index (χ0) is 20.1. The molecule has 0 saturated heterocycles. The quantitative estimate of drug-likeness (QED) is 0.391. The first-order valence-electron chi connectivity index (χ1n) is 9.69. The highest BCUT2D eigenvalue weighted by molar-refractivity contribution is 7.98. The van der Waals surface area contributed by atoms with Crippen molar-refractivity contribution in [3.8, 4) is 0 Å². The van der Waals surface area contributed by atoms with Crippen LogP contribution in [0.5, 0.6) is 0 Å². The normalized spacial score (nSPS) is 12.2. The van der Waals surface area contributed by atoms with Crippen molar-refractivity contribution in [2.24, 2.45) is 5.92 Å². The van der Waals surface area contributed by atoms with Crippen LogP contribution < -0.4 is 0 Å². The van der Waals surface area contributed by atoms with Gasteiger partial charge in [0.25, 0.3) is 5.22 Å². The minimum absolute atomic E-state index is 0.544. The lowest BCUT2D eigenvalue weighted by atomic mass is 10.2. The predicted molar refractivity (Wildman–Crippen MR) is 114 cm³/mol. The second-order valence-corrected chi connectivity index (χ2v) is 8.62. The van der Waals surface area contributed by atoms with E-state index in [9.17, 15) is 0 Å². The van der Waals surface area contributed by atoms with Crippen LogP contribution in [0.15, 0.2) is 40.2 Å². The Hall–Kier alpha value is -2.87. The number of nitrogens with zero attached hydrogens (tertiary/aromatic N) is 6. The zero-order valence-corrected chi connectivity index (χ0v) is 17.7. The third-order valence-electron chi connectivity index (χ3n) is 5.14. The summed E-state index contributed by atoms with van der Waals surface area (Å²) in [5.41, 5.74) is 5.94. The van der Waals surface area contributed by atoms with Gasteiger partial charge in [0, 0.05) is 12.2 Å². The molecule has 0 spiro atoms. The van der Waals surface area contributed by atoms with Crippen LogP contribution in [0, 0.1) is 19.8 Å². The van der Waals surface area contributed by atoms with E-state index >= 15 is 0 Å². The van der Waals surface area contributed by atoms with Crippen LogP contribution in [0.4, 0.5) is 0 Å². The molecule has 5 aromatic rings. The second kappa shape index (κ2) is 6.88. The van der Waals surface area contributed by atoms with Gasteiger partial charge in [-0.25, -0.2) is 19.5 Å². The molecule has 0 amide bonds. The van der Waals surface area contributed by atoms with Crippen molar-refractivity contribution >= 4 is 39.5 Å². The number of fused-ring (bicyclic) bond motifs is 4. The van der Waals surface area contributed by atoms with Gasteiger partial charge in [0.2, 0.25) is 0 Å². The lowest BCUT2D eigenvalue weighted by molar-refractivity contribution is 0.489. The van der Waals surface area contributed by atoms with Crippen molar-refractivity contribution in [2.75, 3.05) is 0 Å². The average Bonchev–Trinajstić information content (AvgIpc) is 3.36. The molecule has 0 bridgehead atoms. The van der Waals surface area contributed by atoms with Gasteiger partial charge in [-0.1, -0.05) is 37.7 Å². The van der Waals surface area contributed by atoms with Crippen LogP contribution in [-0.4, -0.2) is 29.1 Å². The highest BCUT2D eigenvalue weighted by Crippen LogP contribution is 2.29. The van der Waals surface area contributed by atoms with Crippen molar-refractivity contribution in [3.63, 3.8) is 0 Å². The third-order valence-corrected chi connectivity index (χ3v) is 5.96. The van der Waals surface area contributed by atoms with Gasteiger partial charge >= 0.3 is 0 Å². The molecule has 0 aliphatic rings. The first kappa shape index (κ1) is 18.2. The minimum atomic E-state index is 0.544. The van der Waals surface area contributed by atoms with Crippen LogP contribution in [0.25, 0.3) is 27.8 Å². The molecule has 0 N–H and O–H groups in total. The summed E-state index contributed by atoms with van der Waals surface area (Å²) in [5, 5.41) is 6.32. The van der Waals surface area contributed by atoms with Crippen molar-refractivity contribution in [2.45, 2.75) is 45.2 Å². The fourth-order valence-electron chi connectivity index (χ4n) is 3.66. The highest BCUT2D eigenvalue weighted by Gasteiger charge is 2.18. The Morgan fingerprint density at radius 2 is 1.93 bits per heavy atom. The number of aromatic nitrogens is 6. The summed E-state index contributed by atoms with van der Waals surface area (Å²) in [6, 6.07) is 7.77. The Kier molecular flexibility index (Phi) is 4.31. The maximum absolute atomic E-state index is 5.78. The van der Waals surface area contributed by atoms with Crippen LogP contribution in [-0.2, 0) is 12.3 Å². The summed E-state index contributed by atoms with van der Waals surface area (Å²) < 4.78 is 9.85. The van der Waals surface area contributed by atoms with Crippen LogP contribution in [0.2, 0.25) is 0 Å². The summed E-state index contributed by atoms with van der Waals surface area (Å²) in [4.78, 5) is 14.0. The lowest BCUT2D eigenvalue weighted by Gasteiger charge is -2.10. The Morgan fingerprint density at radius 1 is 1.10 bits per heavy atom. The molecule has 0 atom stereocenters. The third kappa shape index (κ3) is 3.07. The van der Waals surface area contributed by atoms with Gasteiger partial charge in [-0.2, -0.15) is 0 Å². The molecular formula is C21H22N6OS. The largest absolute Gasteiger partial charge is 0.431 e. The van der Waals surface area contributed by atoms with Crippen LogP contribution in [0.1, 0.15) is 30.9 Å². The monoisotopic (exact) mass is 406 g/mol. The van der Waals surface area contributed by atoms with E-state index in [1.165, 1.54) is 23.0 Å². The Labute approximate surface area is 172 Å². The minimum Gasteiger partial charge on any atom is -0.431 e. The van der Waals surface area contributed by atoms with E-state index in [0.717, 1.165) is 40.1 Å². The number of hydrogen-bond donors (Lipinski definition) is 0. The van der Waals surface area contributed by atoms with Gasteiger partial charge in [0.05, 0.1) is 11.1 Å². The van der Waals surface area contributed by atoms with Gasteiger partial charge < -0.3 is 8.98 Å². The van der Waals surface area contributed by atoms with E-state index in [0.29, 0.717) is 16.9 Å². The molecule has 0 radical (unpaired) electrons. The number of thioether (sulfide) groups is 1. The van der Waals surface area contributed by atoms with Crippen LogP contribution in [0.3, 0.4) is 0 Å². The number of rotatable bonds is 5. The molecule has 5 rings (SSSR count). The van der Waals surface area contributed by atoms with Crippen molar-refractivity contribution in [3.05, 3.63) is 47.7 Å². The smallest absolute Gasteiger partial charge is 0.257 e. The number of aryl methyl sites for hydroxylation is 1. The summed E-state index contributed by atoms with van der Waals surface area (Å²) in [5.74, 6) is 1.86. The van der Waals surface area contributed by atoms with Gasteiger partial charge in [0.15, 0.2) is 17.1 Å². The molecule has 29 heavy (non-hydrogen) atoms. The van der Waals surface area contributed by atoms with E-state index in [1.807, 2.05) is 24.3 Å². The van der Waals surface area contributed by atoms with Crippen molar-refractivity contribution < 1.29 is 4.42 Å². The average molecular weight is 407 g/mol. The fraction of sp³-hybridized carbons (Fsp3) is 0.333. The first-order valence-corrected chi connectivity index (χ1v) is 10.7. The van der Waals surface area contributed by atoms with E-state index in [-0.39, 0.29) is 0 Å². The molecular weight excluding hydrogens is 384 g/mol. The van der Waals surface area contributed by atoms with Gasteiger partial charge in [0.1, 0.15) is 17.5 Å². The summed E-state index contributed by atoms with van der Waals surface area (Å²) in [7, 11) is 0. The molecule has 148 valence electrons. The fourth-order valence-corrected chi connectivity index (χ4v) is 4.35. The highest BCUT2D eigenvalue weighted by atomic mass is 32.2. The van der Waals surface area contributed by atoms with Crippen LogP contribution >= 0.6 is 11.8 Å². The van der Waals surface area contributed by atoms with Crippen molar-refractivity contribution in [1.82, 2.24) is 29.1 Å². The Morgan fingerprint density at radius 3 is 2.72 bits per heavy atom. The van der Waals surface area contributed by atoms with Crippen molar-refractivity contribution in [1.29, 1.82) is 0 Å². The Balaban J connectivity index is 1.50. The molecule has 4 heterocycles. The molecule has 0 aliphatic heterocycles. The molecule has 8 heteroatoms. The number of para-hydroxylation sites is 2. The molecule has 0 saturated carbocycles. The van der Waals surface area contributed by atoms with E-state index in [2.05, 4.69) is 42.3 Å². The zero-order valence-electron chi connectivity index (χ0n) is 16.9. The predicted octanol–water partition coefficient (Wildman–Crippen LogP) is 4.79. The molecule has 1 aromatic carbocycles. The van der Waals surface area contributed by atoms with Gasteiger partial charge in [-0.15, -0.1) is 5.10 Å². The molecule has 4 aromatic heterocycles. The Bertz CT molecular complexity index is 1310. The lowest BCUT2D eigenvalue weighted by Crippen LogP contribution is -2.07. The summed E-state index contributed by atoms with van der Waals surface area (Å²) >= 11 is 1.50. The van der Waals surface area contributed by atoms with Gasteiger partial charge in [-0.05, 0) is 37.5 Å². The maximum atomic E-state index is 5.78. The standard InChI is InChI=1S/C21H22N6OS/c1-12(2)9-26-14(4)13(3)18-19(26)22-11-27-20(18)24-17(25-27)10-29-21-23-15-7-5-6-8-16(15)28-21/h5-8,11-12H,9-10H2,1-4H3. The summed E-state index contributed by atoms with van der Waals surface area (Å²) in [6.45, 7) is 9.66. The molecule has 0 fully saturated rings. The SMILES string of the molecule is Cc1c(C)n(CC(C)C)c2ncn3nc(CSc4nc5ccccc5o4)nc3c12. The summed E-state index contributed by atoms with van der Waals surface area (Å²) in [6.07, 6.45) is 1.76. The number of oxazole rings is 1. The van der Waals surface area contributed by atoms with E-state index in [1.54, 1.807) is 10.8 Å². The second-order valence-electron chi connectivity index (χ2n) is 7.69.